The van der Waals surface area contributed by atoms with Gasteiger partial charge in [0.15, 0.2) is 0 Å². The average Bonchev–Trinajstić information content (AvgIpc) is 2.38. The molecule has 1 aromatic carbocycles. The number of amidine groups is 1. The minimum Gasteiger partial charge on any atom is -0.409 e. The molecule has 8 heteroatoms. The van der Waals surface area contributed by atoms with Crippen LogP contribution in [0.25, 0.3) is 0 Å². The lowest BCUT2D eigenvalue weighted by molar-refractivity contribution is 0.316. The van der Waals surface area contributed by atoms with Crippen LogP contribution < -0.4 is 10.5 Å². The standard InChI is InChI=1S/C11H16FN3O3S/c12-9-4-6-10(7-5-9)19(17,18)14-8-2-1-3-11(13)15-16/h4-7,14,16H,1-3,8H2,(H2,13,15). The second-order valence-electron chi connectivity index (χ2n) is 3.90. The Labute approximate surface area is 111 Å². The van der Waals surface area contributed by atoms with E-state index >= 15 is 0 Å². The Balaban J connectivity index is 2.42. The fourth-order valence-corrected chi connectivity index (χ4v) is 2.46. The van der Waals surface area contributed by atoms with Crippen molar-refractivity contribution in [2.45, 2.75) is 24.2 Å². The van der Waals surface area contributed by atoms with Crippen molar-refractivity contribution in [1.82, 2.24) is 4.72 Å². The predicted octanol–water partition coefficient (Wildman–Crippen LogP) is 1.02. The van der Waals surface area contributed by atoms with Crippen LogP contribution in [0.3, 0.4) is 0 Å². The summed E-state index contributed by atoms with van der Waals surface area (Å²) < 4.78 is 38.6. The molecule has 0 fully saturated rings. The van der Waals surface area contributed by atoms with Gasteiger partial charge in [0.05, 0.1) is 4.90 Å². The summed E-state index contributed by atoms with van der Waals surface area (Å²) in [4.78, 5) is 0.0188. The molecule has 0 aliphatic heterocycles. The number of rotatable bonds is 7. The van der Waals surface area contributed by atoms with Crippen LogP contribution >= 0.6 is 0 Å². The first-order valence-corrected chi connectivity index (χ1v) is 7.15. The van der Waals surface area contributed by atoms with E-state index in [0.717, 1.165) is 12.1 Å². The van der Waals surface area contributed by atoms with Gasteiger partial charge in [0.2, 0.25) is 10.0 Å². The number of nitrogens with two attached hydrogens (primary N) is 1. The Hall–Kier alpha value is -1.67. The van der Waals surface area contributed by atoms with Crippen molar-refractivity contribution in [3.8, 4) is 0 Å². The Kier molecular flexibility index (Phi) is 5.71. The van der Waals surface area contributed by atoms with Crippen LogP contribution in [0, 0.1) is 5.82 Å². The predicted molar refractivity (Wildman–Crippen MR) is 68.8 cm³/mol. The summed E-state index contributed by atoms with van der Waals surface area (Å²) in [5.74, 6) is -0.376. The molecule has 0 atom stereocenters. The molecule has 0 aliphatic rings. The molecular formula is C11H16FN3O3S. The van der Waals surface area contributed by atoms with E-state index in [-0.39, 0.29) is 17.3 Å². The van der Waals surface area contributed by atoms with Gasteiger partial charge >= 0.3 is 0 Å². The summed E-state index contributed by atoms with van der Waals surface area (Å²) in [6.45, 7) is 0.235. The Bertz CT molecular complexity index is 529. The van der Waals surface area contributed by atoms with Gasteiger partial charge in [-0.25, -0.2) is 17.5 Å². The molecule has 4 N–H and O–H groups in total. The van der Waals surface area contributed by atoms with Crippen molar-refractivity contribution in [3.63, 3.8) is 0 Å². The highest BCUT2D eigenvalue weighted by Gasteiger charge is 2.12. The van der Waals surface area contributed by atoms with E-state index < -0.39 is 15.8 Å². The number of nitrogens with zero attached hydrogens (tertiary/aromatic N) is 1. The smallest absolute Gasteiger partial charge is 0.240 e. The highest BCUT2D eigenvalue weighted by atomic mass is 32.2. The summed E-state index contributed by atoms with van der Waals surface area (Å²) in [5.41, 5.74) is 5.27. The highest BCUT2D eigenvalue weighted by molar-refractivity contribution is 7.89. The minimum absolute atomic E-state index is 0.0188. The molecule has 19 heavy (non-hydrogen) atoms. The summed E-state index contributed by atoms with van der Waals surface area (Å²) in [6, 6.07) is 4.59. The molecule has 0 heterocycles. The summed E-state index contributed by atoms with van der Waals surface area (Å²) in [6.07, 6.45) is 1.55. The molecule has 0 unspecified atom stereocenters. The summed E-state index contributed by atoms with van der Waals surface area (Å²) in [5, 5.41) is 11.1. The molecular weight excluding hydrogens is 273 g/mol. The van der Waals surface area contributed by atoms with Gasteiger partial charge in [0, 0.05) is 13.0 Å². The maximum atomic E-state index is 12.7. The molecule has 0 bridgehead atoms. The first-order valence-electron chi connectivity index (χ1n) is 5.67. The van der Waals surface area contributed by atoms with Crippen LogP contribution in [0.4, 0.5) is 4.39 Å². The summed E-state index contributed by atoms with van der Waals surface area (Å²) >= 11 is 0. The highest BCUT2D eigenvalue weighted by Crippen LogP contribution is 2.09. The first-order chi connectivity index (χ1) is 8.95. The van der Waals surface area contributed by atoms with Gasteiger partial charge in [-0.1, -0.05) is 5.16 Å². The third kappa shape index (κ3) is 5.23. The van der Waals surface area contributed by atoms with Crippen molar-refractivity contribution in [2.24, 2.45) is 10.9 Å². The monoisotopic (exact) mass is 289 g/mol. The van der Waals surface area contributed by atoms with Gasteiger partial charge in [-0.3, -0.25) is 0 Å². The van der Waals surface area contributed by atoms with Crippen molar-refractivity contribution < 1.29 is 18.0 Å². The van der Waals surface area contributed by atoms with E-state index in [1.807, 2.05) is 0 Å². The maximum absolute atomic E-state index is 12.7. The SMILES string of the molecule is NC(CCCCNS(=O)(=O)c1ccc(F)cc1)=NO. The topological polar surface area (TPSA) is 105 Å². The lowest BCUT2D eigenvalue weighted by Crippen LogP contribution is -2.25. The Morgan fingerprint density at radius 3 is 2.53 bits per heavy atom. The van der Waals surface area contributed by atoms with E-state index in [1.165, 1.54) is 12.1 Å². The molecule has 1 rings (SSSR count). The van der Waals surface area contributed by atoms with E-state index in [2.05, 4.69) is 9.88 Å². The maximum Gasteiger partial charge on any atom is 0.240 e. The second-order valence-corrected chi connectivity index (χ2v) is 5.67. The van der Waals surface area contributed by atoms with E-state index in [1.54, 1.807) is 0 Å². The quantitative estimate of drug-likeness (QED) is 0.229. The van der Waals surface area contributed by atoms with Gasteiger partial charge < -0.3 is 10.9 Å². The van der Waals surface area contributed by atoms with Crippen LogP contribution in [0.2, 0.25) is 0 Å². The van der Waals surface area contributed by atoms with Gasteiger partial charge in [0.1, 0.15) is 11.7 Å². The van der Waals surface area contributed by atoms with Gasteiger partial charge in [-0.2, -0.15) is 0 Å². The molecule has 0 saturated heterocycles. The molecule has 0 radical (unpaired) electrons. The van der Waals surface area contributed by atoms with Crippen LogP contribution in [-0.2, 0) is 10.0 Å². The normalized spacial score (nSPS) is 12.6. The number of hydrogen-bond acceptors (Lipinski definition) is 4. The number of nitrogens with one attached hydrogen (secondary N) is 1. The van der Waals surface area contributed by atoms with Crippen molar-refractivity contribution in [3.05, 3.63) is 30.1 Å². The average molecular weight is 289 g/mol. The third-order valence-corrected chi connectivity index (χ3v) is 3.88. The van der Waals surface area contributed by atoms with Gasteiger partial charge in [0.25, 0.3) is 0 Å². The van der Waals surface area contributed by atoms with E-state index in [4.69, 9.17) is 10.9 Å². The number of hydrogen-bond donors (Lipinski definition) is 3. The summed E-state index contributed by atoms with van der Waals surface area (Å²) in [7, 11) is -3.61. The fourth-order valence-electron chi connectivity index (χ4n) is 1.38. The number of halogens is 1. The van der Waals surface area contributed by atoms with E-state index in [9.17, 15) is 12.8 Å². The first kappa shape index (κ1) is 15.4. The van der Waals surface area contributed by atoms with Crippen molar-refractivity contribution >= 4 is 15.9 Å². The Morgan fingerprint density at radius 1 is 1.32 bits per heavy atom. The van der Waals surface area contributed by atoms with Crippen molar-refractivity contribution in [2.75, 3.05) is 6.54 Å². The van der Waals surface area contributed by atoms with Crippen molar-refractivity contribution in [1.29, 1.82) is 0 Å². The molecule has 0 amide bonds. The molecule has 0 saturated carbocycles. The number of unbranched alkanes of at least 4 members (excludes halogenated alkanes) is 1. The van der Waals surface area contributed by atoms with Gasteiger partial charge in [-0.05, 0) is 37.1 Å². The van der Waals surface area contributed by atoms with Crippen LogP contribution in [0.15, 0.2) is 34.3 Å². The zero-order valence-electron chi connectivity index (χ0n) is 10.2. The molecule has 0 aliphatic carbocycles. The number of sulfonamides is 1. The molecule has 0 spiro atoms. The zero-order valence-corrected chi connectivity index (χ0v) is 11.0. The molecule has 1 aromatic rings. The lowest BCUT2D eigenvalue weighted by atomic mass is 10.2. The van der Waals surface area contributed by atoms with Crippen LogP contribution in [0.5, 0.6) is 0 Å². The zero-order chi connectivity index (χ0) is 14.3. The molecule has 6 nitrogen and oxygen atoms in total. The Morgan fingerprint density at radius 2 is 1.95 bits per heavy atom. The van der Waals surface area contributed by atoms with Crippen LogP contribution in [0.1, 0.15) is 19.3 Å². The third-order valence-electron chi connectivity index (χ3n) is 2.40. The lowest BCUT2D eigenvalue weighted by Gasteiger charge is -2.06. The molecule has 0 aromatic heterocycles. The number of oxime groups is 1. The minimum atomic E-state index is -3.61. The second kappa shape index (κ2) is 7.05. The van der Waals surface area contributed by atoms with Crippen LogP contribution in [-0.4, -0.2) is 26.0 Å². The fraction of sp³-hybridized carbons (Fsp3) is 0.364. The number of benzene rings is 1. The molecule has 106 valence electrons. The van der Waals surface area contributed by atoms with E-state index in [0.29, 0.717) is 19.3 Å². The largest absolute Gasteiger partial charge is 0.409 e. The van der Waals surface area contributed by atoms with Gasteiger partial charge in [-0.15, -0.1) is 0 Å².